The third-order valence-electron chi connectivity index (χ3n) is 3.89. The number of rotatable bonds is 8. The second-order valence-electron chi connectivity index (χ2n) is 5.16. The first-order chi connectivity index (χ1) is 10.2. The summed E-state index contributed by atoms with van der Waals surface area (Å²) in [7, 11) is 0. The fourth-order valence-corrected chi connectivity index (χ4v) is 2.83. The van der Waals surface area contributed by atoms with Crippen molar-refractivity contribution >= 4 is 10.9 Å². The number of aryl methyl sites for hydroxylation is 1. The molecule has 0 spiro atoms. The van der Waals surface area contributed by atoms with Gasteiger partial charge in [-0.25, -0.2) is 0 Å². The van der Waals surface area contributed by atoms with Gasteiger partial charge in [0.05, 0.1) is 23.4 Å². The quantitative estimate of drug-likeness (QED) is 0.578. The zero-order chi connectivity index (χ0) is 15.2. The van der Waals surface area contributed by atoms with E-state index in [1.165, 1.54) is 10.9 Å². The Balaban J connectivity index is 2.29. The third-order valence-corrected chi connectivity index (χ3v) is 3.89. The Hall–Kier alpha value is -1.43. The maximum absolute atomic E-state index is 5.78. The van der Waals surface area contributed by atoms with E-state index in [0.717, 1.165) is 25.1 Å². The maximum atomic E-state index is 5.78. The number of benzene rings is 1. The Morgan fingerprint density at radius 3 is 2.67 bits per heavy atom. The van der Waals surface area contributed by atoms with Crippen molar-refractivity contribution in [3.8, 4) is 0 Å². The number of fused-ring (bicyclic) bond motifs is 1. The topological polar surface area (TPSA) is 65.1 Å². The van der Waals surface area contributed by atoms with Crippen LogP contribution in [0.15, 0.2) is 24.3 Å². The average Bonchev–Trinajstić information content (AvgIpc) is 2.88. The summed E-state index contributed by atoms with van der Waals surface area (Å²) in [6.45, 7) is 7.80. The third kappa shape index (κ3) is 3.43. The molecule has 1 aromatic carbocycles. The molecule has 0 saturated carbocycles. The lowest BCUT2D eigenvalue weighted by Crippen LogP contribution is -2.46. The van der Waals surface area contributed by atoms with Crippen molar-refractivity contribution < 1.29 is 4.74 Å². The highest BCUT2D eigenvalue weighted by atomic mass is 16.5. The Morgan fingerprint density at radius 2 is 2.05 bits per heavy atom. The van der Waals surface area contributed by atoms with Gasteiger partial charge in [-0.1, -0.05) is 25.1 Å². The predicted molar refractivity (Wildman–Crippen MR) is 85.9 cm³/mol. The molecule has 0 amide bonds. The Labute approximate surface area is 126 Å². The fourth-order valence-electron chi connectivity index (χ4n) is 2.83. The van der Waals surface area contributed by atoms with Crippen LogP contribution < -0.4 is 11.3 Å². The van der Waals surface area contributed by atoms with Gasteiger partial charge in [0.1, 0.15) is 0 Å². The van der Waals surface area contributed by atoms with E-state index in [9.17, 15) is 0 Å². The van der Waals surface area contributed by atoms with Crippen LogP contribution in [0.2, 0.25) is 0 Å². The number of nitrogens with zero attached hydrogens (tertiary/aromatic N) is 2. The minimum absolute atomic E-state index is 0.0681. The van der Waals surface area contributed by atoms with Gasteiger partial charge in [0, 0.05) is 25.0 Å². The van der Waals surface area contributed by atoms with E-state index in [-0.39, 0.29) is 12.1 Å². The van der Waals surface area contributed by atoms with Crippen LogP contribution in [0.4, 0.5) is 0 Å². The minimum atomic E-state index is 0.0681. The van der Waals surface area contributed by atoms with Gasteiger partial charge in [-0.2, -0.15) is 5.10 Å². The molecule has 0 fully saturated rings. The summed E-state index contributed by atoms with van der Waals surface area (Å²) < 4.78 is 7.83. The Bertz CT molecular complexity index is 566. The Kier molecular flexibility index (Phi) is 5.73. The number of hydrazine groups is 1. The molecule has 2 aromatic rings. The largest absolute Gasteiger partial charge is 0.377 e. The lowest BCUT2D eigenvalue weighted by Gasteiger charge is -2.24. The molecule has 21 heavy (non-hydrogen) atoms. The summed E-state index contributed by atoms with van der Waals surface area (Å²) in [6.07, 6.45) is 1.79. The first kappa shape index (κ1) is 15.9. The summed E-state index contributed by atoms with van der Waals surface area (Å²) in [5, 5.41) is 5.94. The minimum Gasteiger partial charge on any atom is -0.377 e. The summed E-state index contributed by atoms with van der Waals surface area (Å²) in [5.74, 6) is 5.75. The lowest BCUT2D eigenvalue weighted by molar-refractivity contribution is 0.0317. The van der Waals surface area contributed by atoms with Gasteiger partial charge in [-0.3, -0.25) is 16.0 Å². The highest BCUT2D eigenvalue weighted by Crippen LogP contribution is 2.21. The zero-order valence-electron chi connectivity index (χ0n) is 13.2. The number of ether oxygens (including phenoxy) is 1. The molecule has 5 nitrogen and oxygen atoms in total. The summed E-state index contributed by atoms with van der Waals surface area (Å²) in [5.41, 5.74) is 5.16. The molecule has 2 unspecified atom stereocenters. The SMILES string of the molecule is CCOC(CC)C(Cc1nn(CC)c2ccccc12)NN. The molecule has 5 heteroatoms. The van der Waals surface area contributed by atoms with Gasteiger partial charge in [-0.15, -0.1) is 0 Å². The predicted octanol–water partition coefficient (Wildman–Crippen LogP) is 2.25. The molecule has 0 saturated heterocycles. The molecule has 0 aliphatic rings. The molecule has 2 rings (SSSR count). The van der Waals surface area contributed by atoms with E-state index in [2.05, 4.69) is 37.5 Å². The van der Waals surface area contributed by atoms with Crippen LogP contribution in [-0.2, 0) is 17.7 Å². The zero-order valence-corrected chi connectivity index (χ0v) is 13.2. The molecule has 3 N–H and O–H groups in total. The molecule has 0 aliphatic carbocycles. The van der Waals surface area contributed by atoms with Crippen LogP contribution in [0.1, 0.15) is 32.9 Å². The molecule has 1 aromatic heterocycles. The van der Waals surface area contributed by atoms with Gasteiger partial charge < -0.3 is 4.74 Å². The summed E-state index contributed by atoms with van der Waals surface area (Å²) >= 11 is 0. The normalized spacial score (nSPS) is 14.5. The number of aromatic nitrogens is 2. The molecular formula is C16H26N4O. The monoisotopic (exact) mass is 290 g/mol. The van der Waals surface area contributed by atoms with Crippen LogP contribution in [0.5, 0.6) is 0 Å². The van der Waals surface area contributed by atoms with Crippen LogP contribution in [0.25, 0.3) is 10.9 Å². The molecule has 2 atom stereocenters. The van der Waals surface area contributed by atoms with Crippen molar-refractivity contribution in [2.24, 2.45) is 5.84 Å². The van der Waals surface area contributed by atoms with E-state index >= 15 is 0 Å². The van der Waals surface area contributed by atoms with E-state index in [0.29, 0.717) is 6.61 Å². The highest BCUT2D eigenvalue weighted by Gasteiger charge is 2.22. The van der Waals surface area contributed by atoms with Crippen molar-refractivity contribution in [3.05, 3.63) is 30.0 Å². The Morgan fingerprint density at radius 1 is 1.29 bits per heavy atom. The van der Waals surface area contributed by atoms with E-state index < -0.39 is 0 Å². The number of hydrogen-bond acceptors (Lipinski definition) is 4. The van der Waals surface area contributed by atoms with Crippen LogP contribution in [0, 0.1) is 0 Å². The van der Waals surface area contributed by atoms with Gasteiger partial charge in [-0.05, 0) is 26.3 Å². The van der Waals surface area contributed by atoms with E-state index in [1.807, 2.05) is 17.7 Å². The number of para-hydroxylation sites is 1. The highest BCUT2D eigenvalue weighted by molar-refractivity contribution is 5.82. The number of nitrogens with one attached hydrogen (secondary N) is 1. The van der Waals surface area contributed by atoms with Crippen molar-refractivity contribution in [3.63, 3.8) is 0 Å². The lowest BCUT2D eigenvalue weighted by atomic mass is 10.0. The van der Waals surface area contributed by atoms with Crippen molar-refractivity contribution in [2.45, 2.75) is 52.3 Å². The second kappa shape index (κ2) is 7.54. The number of hydrogen-bond donors (Lipinski definition) is 2. The van der Waals surface area contributed by atoms with E-state index in [1.54, 1.807) is 0 Å². The molecule has 116 valence electrons. The fraction of sp³-hybridized carbons (Fsp3) is 0.562. The van der Waals surface area contributed by atoms with Crippen molar-refractivity contribution in [1.82, 2.24) is 15.2 Å². The first-order valence-electron chi connectivity index (χ1n) is 7.77. The van der Waals surface area contributed by atoms with Crippen LogP contribution in [0.3, 0.4) is 0 Å². The maximum Gasteiger partial charge on any atom is 0.0742 e. The summed E-state index contributed by atoms with van der Waals surface area (Å²) in [4.78, 5) is 0. The molecule has 1 heterocycles. The van der Waals surface area contributed by atoms with Gasteiger partial charge in [0.2, 0.25) is 0 Å². The standard InChI is InChI=1S/C16H26N4O/c1-4-16(21-6-3)14(18-17)11-13-12-9-7-8-10-15(12)20(5-2)19-13/h7-10,14,16,18H,4-6,11,17H2,1-3H3. The van der Waals surface area contributed by atoms with Gasteiger partial charge in [0.25, 0.3) is 0 Å². The number of nitrogens with two attached hydrogens (primary N) is 1. The molecule has 0 aliphatic heterocycles. The molecule has 0 radical (unpaired) electrons. The van der Waals surface area contributed by atoms with Gasteiger partial charge >= 0.3 is 0 Å². The van der Waals surface area contributed by atoms with Crippen molar-refractivity contribution in [1.29, 1.82) is 0 Å². The van der Waals surface area contributed by atoms with Crippen molar-refractivity contribution in [2.75, 3.05) is 6.61 Å². The van der Waals surface area contributed by atoms with Crippen LogP contribution in [-0.4, -0.2) is 28.5 Å². The summed E-state index contributed by atoms with van der Waals surface area (Å²) in [6, 6.07) is 8.41. The van der Waals surface area contributed by atoms with E-state index in [4.69, 9.17) is 15.7 Å². The second-order valence-corrected chi connectivity index (χ2v) is 5.16. The average molecular weight is 290 g/mol. The van der Waals surface area contributed by atoms with Gasteiger partial charge in [0.15, 0.2) is 0 Å². The molecular weight excluding hydrogens is 264 g/mol. The molecule has 0 bridgehead atoms. The smallest absolute Gasteiger partial charge is 0.0742 e. The first-order valence-corrected chi connectivity index (χ1v) is 7.77. The van der Waals surface area contributed by atoms with Crippen LogP contribution >= 0.6 is 0 Å².